The van der Waals surface area contributed by atoms with E-state index < -0.39 is 17.3 Å². The van der Waals surface area contributed by atoms with Gasteiger partial charge in [0.05, 0.1) is 5.69 Å². The van der Waals surface area contributed by atoms with Gasteiger partial charge in [-0.25, -0.2) is 9.18 Å². The molecule has 19 heavy (non-hydrogen) atoms. The lowest BCUT2D eigenvalue weighted by Crippen LogP contribution is -2.47. The fourth-order valence-electron chi connectivity index (χ4n) is 2.48. The maximum atomic E-state index is 13.7. The molecule has 1 saturated heterocycles. The number of likely N-dealkylation sites (tertiary alicyclic amines) is 1. The van der Waals surface area contributed by atoms with Gasteiger partial charge in [0.2, 0.25) is 0 Å². The number of para-hydroxylation sites is 1. The van der Waals surface area contributed by atoms with Crippen LogP contribution < -0.4 is 5.32 Å². The summed E-state index contributed by atoms with van der Waals surface area (Å²) in [5, 5.41) is 12.5. The number of nitrogens with one attached hydrogen (secondary N) is 1. The van der Waals surface area contributed by atoms with Crippen LogP contribution in [0, 0.1) is 5.82 Å². The van der Waals surface area contributed by atoms with Gasteiger partial charge in [-0.05, 0) is 45.0 Å². The third-order valence-corrected chi connectivity index (χ3v) is 3.72. The number of carboxylic acids is 1. The number of benzene rings is 1. The zero-order chi connectivity index (χ0) is 13.9. The Labute approximate surface area is 112 Å². The van der Waals surface area contributed by atoms with Crippen LogP contribution in [-0.4, -0.2) is 41.7 Å². The van der Waals surface area contributed by atoms with Gasteiger partial charge in [-0.2, -0.15) is 0 Å². The zero-order valence-electron chi connectivity index (χ0n) is 11.0. The quantitative estimate of drug-likeness (QED) is 0.880. The molecule has 0 aromatic heterocycles. The van der Waals surface area contributed by atoms with Gasteiger partial charge in [0.25, 0.3) is 0 Å². The molecular formula is C14H19FN2O2. The monoisotopic (exact) mass is 266 g/mol. The van der Waals surface area contributed by atoms with E-state index in [1.807, 2.05) is 7.05 Å². The Morgan fingerprint density at radius 1 is 1.37 bits per heavy atom. The molecule has 2 rings (SSSR count). The summed E-state index contributed by atoms with van der Waals surface area (Å²) in [6.07, 6.45) is 1.75. The number of halogens is 1. The summed E-state index contributed by atoms with van der Waals surface area (Å²) < 4.78 is 13.7. The van der Waals surface area contributed by atoms with E-state index in [0.717, 1.165) is 13.0 Å². The van der Waals surface area contributed by atoms with Crippen LogP contribution in [0.5, 0.6) is 0 Å². The topological polar surface area (TPSA) is 52.6 Å². The minimum Gasteiger partial charge on any atom is -0.480 e. The smallest absolute Gasteiger partial charge is 0.329 e. The van der Waals surface area contributed by atoms with Gasteiger partial charge >= 0.3 is 5.97 Å². The molecule has 1 aliphatic rings. The van der Waals surface area contributed by atoms with Crippen molar-refractivity contribution in [2.45, 2.75) is 24.8 Å². The largest absolute Gasteiger partial charge is 0.480 e. The van der Waals surface area contributed by atoms with Gasteiger partial charge in [-0.3, -0.25) is 0 Å². The second-order valence-corrected chi connectivity index (χ2v) is 5.15. The second kappa shape index (κ2) is 5.57. The number of hydrogen-bond acceptors (Lipinski definition) is 3. The number of carboxylic acid groups (broad SMARTS) is 1. The lowest BCUT2D eigenvalue weighted by atomic mass is 9.90. The highest BCUT2D eigenvalue weighted by molar-refractivity contribution is 5.83. The third-order valence-electron chi connectivity index (χ3n) is 3.72. The molecule has 1 atom stereocenters. The molecule has 0 amide bonds. The van der Waals surface area contributed by atoms with Crippen molar-refractivity contribution in [2.24, 2.45) is 0 Å². The van der Waals surface area contributed by atoms with Crippen molar-refractivity contribution in [3.05, 3.63) is 30.1 Å². The summed E-state index contributed by atoms with van der Waals surface area (Å²) in [7, 11) is 1.97. The Hall–Kier alpha value is -1.62. The fourth-order valence-corrected chi connectivity index (χ4v) is 2.48. The average molecular weight is 266 g/mol. The molecule has 2 N–H and O–H groups in total. The Balaban J connectivity index is 2.25. The van der Waals surface area contributed by atoms with Crippen LogP contribution >= 0.6 is 0 Å². The van der Waals surface area contributed by atoms with Crippen LogP contribution in [-0.2, 0) is 4.79 Å². The molecule has 1 aliphatic heterocycles. The van der Waals surface area contributed by atoms with Gasteiger partial charge in [-0.15, -0.1) is 0 Å². The molecule has 1 unspecified atom stereocenters. The van der Waals surface area contributed by atoms with Crippen LogP contribution in [0.2, 0.25) is 0 Å². The Kier molecular flexibility index (Phi) is 4.04. The van der Waals surface area contributed by atoms with Gasteiger partial charge in [0.15, 0.2) is 0 Å². The van der Waals surface area contributed by atoms with Crippen LogP contribution in [0.25, 0.3) is 0 Å². The number of rotatable bonds is 3. The summed E-state index contributed by atoms with van der Waals surface area (Å²) in [5.74, 6) is -1.33. The summed E-state index contributed by atoms with van der Waals surface area (Å²) in [5.41, 5.74) is -0.818. The highest BCUT2D eigenvalue weighted by Gasteiger charge is 2.39. The number of anilines is 1. The van der Waals surface area contributed by atoms with E-state index in [-0.39, 0.29) is 5.69 Å². The molecule has 1 heterocycles. The van der Waals surface area contributed by atoms with Gasteiger partial charge < -0.3 is 15.3 Å². The maximum absolute atomic E-state index is 13.7. The molecule has 0 radical (unpaired) electrons. The molecule has 0 bridgehead atoms. The Bertz CT molecular complexity index is 467. The zero-order valence-corrected chi connectivity index (χ0v) is 11.0. The van der Waals surface area contributed by atoms with Gasteiger partial charge in [0, 0.05) is 6.54 Å². The number of hydrogen-bond donors (Lipinski definition) is 2. The van der Waals surface area contributed by atoms with Crippen LogP contribution in [0.15, 0.2) is 24.3 Å². The van der Waals surface area contributed by atoms with Crippen molar-refractivity contribution in [1.82, 2.24) is 4.90 Å². The molecule has 4 nitrogen and oxygen atoms in total. The van der Waals surface area contributed by atoms with Gasteiger partial charge in [-0.1, -0.05) is 12.1 Å². The predicted octanol–water partition coefficient (Wildman–Crippen LogP) is 2.18. The van der Waals surface area contributed by atoms with E-state index in [1.165, 1.54) is 6.07 Å². The molecule has 0 spiro atoms. The van der Waals surface area contributed by atoms with Crippen molar-refractivity contribution in [3.8, 4) is 0 Å². The highest BCUT2D eigenvalue weighted by Crippen LogP contribution is 2.28. The first kappa shape index (κ1) is 13.8. The van der Waals surface area contributed by atoms with E-state index >= 15 is 0 Å². The first-order chi connectivity index (χ1) is 9.03. The molecule has 1 fully saturated rings. The first-order valence-corrected chi connectivity index (χ1v) is 6.48. The predicted molar refractivity (Wildman–Crippen MR) is 71.7 cm³/mol. The lowest BCUT2D eigenvalue weighted by Gasteiger charge is -2.30. The van der Waals surface area contributed by atoms with E-state index in [2.05, 4.69) is 10.2 Å². The van der Waals surface area contributed by atoms with Crippen molar-refractivity contribution in [2.75, 3.05) is 25.5 Å². The summed E-state index contributed by atoms with van der Waals surface area (Å²) in [4.78, 5) is 13.8. The highest BCUT2D eigenvalue weighted by atomic mass is 19.1. The molecule has 104 valence electrons. The van der Waals surface area contributed by atoms with Crippen molar-refractivity contribution >= 4 is 11.7 Å². The average Bonchev–Trinajstić information content (AvgIpc) is 2.56. The van der Waals surface area contributed by atoms with E-state index in [4.69, 9.17) is 0 Å². The number of aliphatic carboxylic acids is 1. The molecule has 1 aromatic rings. The standard InChI is InChI=1S/C14H19FN2O2/c1-17-9-4-7-14(8-10-17,13(18)19)16-12-6-3-2-5-11(12)15/h2-3,5-6,16H,4,7-10H2,1H3,(H,18,19). The lowest BCUT2D eigenvalue weighted by molar-refractivity contribution is -0.142. The fraction of sp³-hybridized carbons (Fsp3) is 0.500. The molecular weight excluding hydrogens is 247 g/mol. The Morgan fingerprint density at radius 3 is 2.79 bits per heavy atom. The SMILES string of the molecule is CN1CCCC(Nc2ccccc2F)(C(=O)O)CC1. The minimum absolute atomic E-state index is 0.259. The molecule has 1 aromatic carbocycles. The second-order valence-electron chi connectivity index (χ2n) is 5.15. The Morgan fingerprint density at radius 2 is 2.11 bits per heavy atom. The minimum atomic E-state index is -1.08. The number of nitrogens with zero attached hydrogens (tertiary/aromatic N) is 1. The van der Waals surface area contributed by atoms with E-state index in [0.29, 0.717) is 19.4 Å². The van der Waals surface area contributed by atoms with Crippen LogP contribution in [0.3, 0.4) is 0 Å². The first-order valence-electron chi connectivity index (χ1n) is 6.48. The maximum Gasteiger partial charge on any atom is 0.329 e. The van der Waals surface area contributed by atoms with E-state index in [1.54, 1.807) is 18.2 Å². The van der Waals surface area contributed by atoms with Crippen LogP contribution in [0.1, 0.15) is 19.3 Å². The number of carbonyl (C=O) groups is 1. The van der Waals surface area contributed by atoms with Crippen molar-refractivity contribution in [1.29, 1.82) is 0 Å². The van der Waals surface area contributed by atoms with E-state index in [9.17, 15) is 14.3 Å². The van der Waals surface area contributed by atoms with Crippen LogP contribution in [0.4, 0.5) is 10.1 Å². The summed E-state index contributed by atoms with van der Waals surface area (Å²) in [6.45, 7) is 1.56. The molecule has 0 saturated carbocycles. The summed E-state index contributed by atoms with van der Waals surface area (Å²) in [6, 6.07) is 6.20. The molecule has 0 aliphatic carbocycles. The third kappa shape index (κ3) is 3.04. The summed E-state index contributed by atoms with van der Waals surface area (Å²) >= 11 is 0. The van der Waals surface area contributed by atoms with Gasteiger partial charge in [0.1, 0.15) is 11.4 Å². The normalized spacial score (nSPS) is 24.7. The van der Waals surface area contributed by atoms with Crippen molar-refractivity contribution in [3.63, 3.8) is 0 Å². The van der Waals surface area contributed by atoms with Crippen molar-refractivity contribution < 1.29 is 14.3 Å². The molecule has 5 heteroatoms.